The highest BCUT2D eigenvalue weighted by Gasteiger charge is 2.18. The van der Waals surface area contributed by atoms with Crippen LogP contribution in [0.1, 0.15) is 40.2 Å². The Hall–Kier alpha value is -2.88. The highest BCUT2D eigenvalue weighted by Crippen LogP contribution is 2.24. The summed E-state index contributed by atoms with van der Waals surface area (Å²) >= 11 is 1.46. The van der Waals surface area contributed by atoms with Crippen LogP contribution in [0.5, 0.6) is 5.75 Å². The second-order valence-corrected chi connectivity index (χ2v) is 9.54. The molecule has 0 spiro atoms. The summed E-state index contributed by atoms with van der Waals surface area (Å²) in [5.74, 6) is 1.98. The average Bonchev–Trinajstić information content (AvgIpc) is 3.32. The molecule has 0 saturated carbocycles. The van der Waals surface area contributed by atoms with E-state index in [2.05, 4.69) is 27.4 Å². The Labute approximate surface area is 210 Å². The quantitative estimate of drug-likeness (QED) is 0.397. The van der Waals surface area contributed by atoms with E-state index < -0.39 is 0 Å². The van der Waals surface area contributed by atoms with Crippen molar-refractivity contribution >= 4 is 17.7 Å². The van der Waals surface area contributed by atoms with Crippen LogP contribution in [-0.2, 0) is 17.0 Å². The van der Waals surface area contributed by atoms with Crippen LogP contribution in [-0.4, -0.2) is 60.4 Å². The van der Waals surface area contributed by atoms with Gasteiger partial charge in [-0.15, -0.1) is 0 Å². The molecular weight excluding hydrogens is 464 g/mol. The molecule has 0 aliphatic carbocycles. The SMILES string of the molecule is Cc1cc(CSc2ncccc2C(=O)NCc2cccc(OCCN(C)C3CCOCC3)c2)no1. The number of likely N-dealkylation sites (N-methyl/N-ethyl adjacent to an activating group) is 1. The van der Waals surface area contributed by atoms with Crippen LogP contribution in [0.4, 0.5) is 0 Å². The van der Waals surface area contributed by atoms with Gasteiger partial charge in [-0.2, -0.15) is 0 Å². The minimum absolute atomic E-state index is 0.165. The van der Waals surface area contributed by atoms with Crippen LogP contribution >= 0.6 is 11.8 Å². The largest absolute Gasteiger partial charge is 0.492 e. The average molecular weight is 497 g/mol. The van der Waals surface area contributed by atoms with Crippen molar-refractivity contribution in [2.24, 2.45) is 0 Å². The number of carbonyl (C=O) groups is 1. The highest BCUT2D eigenvalue weighted by molar-refractivity contribution is 7.98. The van der Waals surface area contributed by atoms with Crippen molar-refractivity contribution in [1.29, 1.82) is 0 Å². The third-order valence-electron chi connectivity index (χ3n) is 5.93. The van der Waals surface area contributed by atoms with Crippen LogP contribution in [0.2, 0.25) is 0 Å². The van der Waals surface area contributed by atoms with Gasteiger partial charge in [0.2, 0.25) is 0 Å². The summed E-state index contributed by atoms with van der Waals surface area (Å²) in [6.45, 7) is 5.41. The standard InChI is InChI=1S/C26H32N4O4S/c1-19-15-21(29-34-19)18-35-26-24(7-4-10-27-26)25(31)28-17-20-5-3-6-23(16-20)33-14-11-30(2)22-8-12-32-13-9-22/h3-7,10,15-16,22H,8-9,11-14,17-18H2,1-2H3,(H,28,31). The second-order valence-electron chi connectivity index (χ2n) is 8.58. The molecule has 1 saturated heterocycles. The zero-order valence-electron chi connectivity index (χ0n) is 20.2. The zero-order valence-corrected chi connectivity index (χ0v) is 21.1. The molecule has 3 aromatic rings. The lowest BCUT2D eigenvalue weighted by Gasteiger charge is -2.31. The number of pyridine rings is 1. The summed E-state index contributed by atoms with van der Waals surface area (Å²) < 4.78 is 16.5. The first kappa shape index (κ1) is 25.2. The van der Waals surface area contributed by atoms with Crippen molar-refractivity contribution in [3.63, 3.8) is 0 Å². The molecule has 0 unspecified atom stereocenters. The van der Waals surface area contributed by atoms with Crippen molar-refractivity contribution in [3.8, 4) is 5.75 Å². The van der Waals surface area contributed by atoms with Gasteiger partial charge >= 0.3 is 0 Å². The number of ether oxygens (including phenoxy) is 2. The number of benzene rings is 1. The van der Waals surface area contributed by atoms with E-state index in [1.165, 1.54) is 11.8 Å². The lowest BCUT2D eigenvalue weighted by Crippen LogP contribution is -2.38. The number of hydrogen-bond acceptors (Lipinski definition) is 8. The number of carbonyl (C=O) groups excluding carboxylic acids is 1. The minimum Gasteiger partial charge on any atom is -0.492 e. The summed E-state index contributed by atoms with van der Waals surface area (Å²) in [5.41, 5.74) is 2.34. The molecule has 1 N–H and O–H groups in total. The Bertz CT molecular complexity index is 1100. The molecule has 186 valence electrons. The molecule has 9 heteroatoms. The molecule has 1 aliphatic heterocycles. The normalized spacial score (nSPS) is 14.3. The number of rotatable bonds is 11. The highest BCUT2D eigenvalue weighted by atomic mass is 32.2. The molecule has 1 fully saturated rings. The first-order chi connectivity index (χ1) is 17.1. The predicted octanol–water partition coefficient (Wildman–Crippen LogP) is 4.09. The van der Waals surface area contributed by atoms with Crippen molar-refractivity contribution < 1.29 is 18.8 Å². The van der Waals surface area contributed by atoms with Gasteiger partial charge in [-0.3, -0.25) is 9.69 Å². The monoisotopic (exact) mass is 496 g/mol. The van der Waals surface area contributed by atoms with Crippen molar-refractivity contribution in [3.05, 3.63) is 71.2 Å². The maximum absolute atomic E-state index is 12.9. The van der Waals surface area contributed by atoms with Crippen LogP contribution in [0.15, 0.2) is 58.2 Å². The first-order valence-electron chi connectivity index (χ1n) is 11.9. The van der Waals surface area contributed by atoms with E-state index in [1.54, 1.807) is 18.3 Å². The molecule has 8 nitrogen and oxygen atoms in total. The van der Waals surface area contributed by atoms with E-state index in [0.29, 0.717) is 35.5 Å². The number of aryl methyl sites for hydroxylation is 1. The fraction of sp³-hybridized carbons (Fsp3) is 0.423. The number of nitrogens with zero attached hydrogens (tertiary/aromatic N) is 3. The van der Waals surface area contributed by atoms with E-state index in [1.807, 2.05) is 37.3 Å². The third kappa shape index (κ3) is 7.55. The van der Waals surface area contributed by atoms with Crippen molar-refractivity contribution in [1.82, 2.24) is 20.4 Å². The third-order valence-corrected chi connectivity index (χ3v) is 6.97. The van der Waals surface area contributed by atoms with Crippen molar-refractivity contribution in [2.45, 2.75) is 43.1 Å². The Kier molecular flexibility index (Phi) is 9.16. The fourth-order valence-corrected chi connectivity index (χ4v) is 4.82. The van der Waals surface area contributed by atoms with Gasteiger partial charge in [0, 0.05) is 50.4 Å². The van der Waals surface area contributed by atoms with E-state index >= 15 is 0 Å². The van der Waals surface area contributed by atoms with Crippen molar-refractivity contribution in [2.75, 3.05) is 33.4 Å². The molecule has 2 aromatic heterocycles. The van der Waals surface area contributed by atoms with Gasteiger partial charge in [0.1, 0.15) is 23.1 Å². The van der Waals surface area contributed by atoms with Gasteiger partial charge in [0.25, 0.3) is 5.91 Å². The molecular formula is C26H32N4O4S. The summed E-state index contributed by atoms with van der Waals surface area (Å²) in [5, 5.41) is 7.66. The van der Waals surface area contributed by atoms with Gasteiger partial charge < -0.3 is 19.3 Å². The van der Waals surface area contributed by atoms with Gasteiger partial charge in [-0.1, -0.05) is 29.1 Å². The summed E-state index contributed by atoms with van der Waals surface area (Å²) in [4.78, 5) is 19.6. The molecule has 0 radical (unpaired) electrons. The Balaban J connectivity index is 1.26. The summed E-state index contributed by atoms with van der Waals surface area (Å²) in [7, 11) is 2.14. The number of nitrogens with one attached hydrogen (secondary N) is 1. The fourth-order valence-electron chi connectivity index (χ4n) is 3.95. The van der Waals surface area contributed by atoms with E-state index in [4.69, 9.17) is 14.0 Å². The number of amides is 1. The molecule has 35 heavy (non-hydrogen) atoms. The molecule has 3 heterocycles. The summed E-state index contributed by atoms with van der Waals surface area (Å²) in [6.07, 6.45) is 3.83. The maximum atomic E-state index is 12.9. The van der Waals surface area contributed by atoms with Crippen LogP contribution < -0.4 is 10.1 Å². The molecule has 0 atom stereocenters. The molecule has 1 amide bonds. The Morgan fingerprint density at radius 3 is 2.89 bits per heavy atom. The predicted molar refractivity (Wildman–Crippen MR) is 135 cm³/mol. The van der Waals surface area contributed by atoms with Gasteiger partial charge in [0.05, 0.1) is 11.3 Å². The molecule has 1 aromatic carbocycles. The minimum atomic E-state index is -0.165. The first-order valence-corrected chi connectivity index (χ1v) is 12.8. The smallest absolute Gasteiger partial charge is 0.254 e. The maximum Gasteiger partial charge on any atom is 0.254 e. The Morgan fingerprint density at radius 2 is 2.09 bits per heavy atom. The molecule has 0 bridgehead atoms. The van der Waals surface area contributed by atoms with E-state index in [0.717, 1.165) is 55.4 Å². The zero-order chi connectivity index (χ0) is 24.5. The lowest BCUT2D eigenvalue weighted by atomic mass is 10.1. The van der Waals surface area contributed by atoms with E-state index in [-0.39, 0.29) is 5.91 Å². The molecule has 4 rings (SSSR count). The van der Waals surface area contributed by atoms with Gasteiger partial charge in [-0.25, -0.2) is 4.98 Å². The number of thioether (sulfide) groups is 1. The second kappa shape index (κ2) is 12.7. The Morgan fingerprint density at radius 1 is 1.23 bits per heavy atom. The molecule has 1 aliphatic rings. The number of hydrogen-bond donors (Lipinski definition) is 1. The van der Waals surface area contributed by atoms with Gasteiger partial charge in [0.15, 0.2) is 0 Å². The van der Waals surface area contributed by atoms with Crippen LogP contribution in [0, 0.1) is 6.92 Å². The van der Waals surface area contributed by atoms with Gasteiger partial charge in [-0.05, 0) is 56.6 Å². The number of aromatic nitrogens is 2. The van der Waals surface area contributed by atoms with E-state index in [9.17, 15) is 4.79 Å². The lowest BCUT2D eigenvalue weighted by molar-refractivity contribution is 0.0392. The topological polar surface area (TPSA) is 89.7 Å². The van der Waals surface area contributed by atoms with Crippen LogP contribution in [0.25, 0.3) is 0 Å². The van der Waals surface area contributed by atoms with Crippen LogP contribution in [0.3, 0.4) is 0 Å². The summed E-state index contributed by atoms with van der Waals surface area (Å²) in [6, 6.07) is 13.8.